The molecule has 0 unspecified atom stereocenters. The Kier molecular flexibility index (Phi) is 5.50. The van der Waals surface area contributed by atoms with Gasteiger partial charge in [-0.05, 0) is 67.1 Å². The predicted octanol–water partition coefficient (Wildman–Crippen LogP) is 10.0. The number of nitrogens with zero attached hydrogens (tertiary/aromatic N) is 3. The molecule has 6 rings (SSSR count). The number of aryl methyl sites for hydroxylation is 2. The van der Waals surface area contributed by atoms with E-state index in [0.29, 0.717) is 16.8 Å². The van der Waals surface area contributed by atoms with Crippen LogP contribution in [0.3, 0.4) is 0 Å². The first kappa shape index (κ1) is 16.2. The van der Waals surface area contributed by atoms with E-state index in [0.717, 1.165) is 5.56 Å². The van der Waals surface area contributed by atoms with Gasteiger partial charge in [-0.2, -0.15) is 0 Å². The van der Waals surface area contributed by atoms with E-state index >= 15 is 0 Å². The quantitative estimate of drug-likeness (QED) is 0.164. The van der Waals surface area contributed by atoms with Gasteiger partial charge in [0.05, 0.1) is 8.22 Å². The minimum absolute atomic E-state index is 0. The molecule has 0 aliphatic rings. The third-order valence-electron chi connectivity index (χ3n) is 5.73. The van der Waals surface area contributed by atoms with E-state index in [1.807, 2.05) is 30.3 Å². The Hall–Kier alpha value is -4.24. The van der Waals surface area contributed by atoms with Crippen LogP contribution in [0.15, 0.2) is 121 Å². The number of hydrogen-bond donors (Lipinski definition) is 0. The number of rotatable bonds is 5. The Morgan fingerprint density at radius 1 is 0.818 bits per heavy atom. The molecule has 3 aromatic carbocycles. The van der Waals surface area contributed by atoms with E-state index in [4.69, 9.17) is 24.7 Å². The Bertz CT molecular complexity index is 2620. The molecule has 6 aromatic rings. The van der Waals surface area contributed by atoms with Crippen molar-refractivity contribution in [3.05, 3.63) is 150 Å². The smallest absolute Gasteiger partial charge is 0.0847 e. The van der Waals surface area contributed by atoms with E-state index in [2.05, 4.69) is 27.1 Å². The second-order valence-electron chi connectivity index (χ2n) is 10.2. The molecule has 0 fully saturated rings. The van der Waals surface area contributed by atoms with Crippen molar-refractivity contribution in [3.63, 3.8) is 0 Å². The average molecular weight is 770 g/mol. The van der Waals surface area contributed by atoms with Gasteiger partial charge < -0.3 is 9.97 Å². The second kappa shape index (κ2) is 15.0. The molecule has 3 nitrogen and oxygen atoms in total. The maximum absolute atomic E-state index is 8.62. The van der Waals surface area contributed by atoms with Crippen LogP contribution in [0.2, 0.25) is 0 Å². The fourth-order valence-corrected chi connectivity index (χ4v) is 3.80. The summed E-state index contributed by atoms with van der Waals surface area (Å²) >= 11 is 0. The topological polar surface area (TPSA) is 38.7 Å². The summed E-state index contributed by atoms with van der Waals surface area (Å²) in [5, 5.41) is 0. The molecule has 1 radical (unpaired) electrons. The minimum Gasteiger partial charge on any atom is -0.305 e. The van der Waals surface area contributed by atoms with Crippen LogP contribution in [0.4, 0.5) is 0 Å². The van der Waals surface area contributed by atoms with Crippen LogP contribution in [0.1, 0.15) is 62.3 Å². The van der Waals surface area contributed by atoms with Crippen molar-refractivity contribution in [3.8, 4) is 44.8 Å². The van der Waals surface area contributed by atoms with Gasteiger partial charge in [0.1, 0.15) is 0 Å². The van der Waals surface area contributed by atoms with E-state index in [1.54, 1.807) is 32.9 Å². The standard InChI is InChI=1S/C21H21N2.C19H16N.Ir/c1-21(2,3)14-19-10-9-18(15-23-19)17-11-12-22-20(13-17)16-7-5-4-6-8-16;1-14-8-11-19(20-13-14)17-10-9-15(2)18(12-17)16-6-4-3-5-7-16;/h4-7,9-13,15H,14H2,1-3H3;3-9,11-13H,1-2H3;/q2*-1;/i4D,5D,6D,7D,9D,10D,11D,12D,13D,14D2,15D;1D3,2D3;. The fraction of sp³-hybridized carbons (Fsp3) is 0.175. The Morgan fingerprint density at radius 3 is 2.43 bits per heavy atom. The molecule has 0 spiro atoms. The Labute approximate surface area is 301 Å². The van der Waals surface area contributed by atoms with Gasteiger partial charge >= 0.3 is 0 Å². The number of benzene rings is 3. The maximum Gasteiger partial charge on any atom is 0.0847 e. The predicted molar refractivity (Wildman–Crippen MR) is 178 cm³/mol. The largest absolute Gasteiger partial charge is 0.305 e. The van der Waals surface area contributed by atoms with E-state index < -0.39 is 109 Å². The van der Waals surface area contributed by atoms with E-state index in [1.165, 1.54) is 18.3 Å². The SMILES string of the molecule is [2H]C([2H])([2H])c1ccc(-c2[c-]cc(C([2H])([2H])[2H])c(-c3ccccc3)c2)nc1.[2H]c1[c-]c(-c2nc([2H])c([2H])c(-c3c([2H])nc(C([2H])([2H])C(C)(C)C)c([2H])c3[2H])c2[2H])c([2H])c([2H])c1[2H].[Ir]. The molecule has 0 N–H and O–H groups in total. The second-order valence-corrected chi connectivity index (χ2v) is 10.2. The summed E-state index contributed by atoms with van der Waals surface area (Å²) in [6.07, 6.45) is -2.23. The zero-order valence-electron chi connectivity index (χ0n) is 41.9. The normalized spacial score (nSPS) is 17.5. The molecule has 0 saturated heterocycles. The number of hydrogen-bond acceptors (Lipinski definition) is 3. The third kappa shape index (κ3) is 8.89. The molecular formula is C40H37IrN3-2. The van der Waals surface area contributed by atoms with Gasteiger partial charge in [0, 0.05) is 58.0 Å². The van der Waals surface area contributed by atoms with Crippen molar-refractivity contribution in [2.24, 2.45) is 5.41 Å². The summed E-state index contributed by atoms with van der Waals surface area (Å²) in [7, 11) is 0. The Morgan fingerprint density at radius 2 is 1.68 bits per heavy atom. The van der Waals surface area contributed by atoms with Crippen LogP contribution in [0.25, 0.3) is 44.8 Å². The zero-order valence-corrected chi connectivity index (χ0v) is 26.3. The molecule has 3 aromatic heterocycles. The van der Waals surface area contributed by atoms with Crippen molar-refractivity contribution in [1.29, 1.82) is 0 Å². The third-order valence-corrected chi connectivity index (χ3v) is 5.73. The molecule has 223 valence electrons. The van der Waals surface area contributed by atoms with Crippen molar-refractivity contribution in [2.75, 3.05) is 0 Å². The molecule has 0 aliphatic carbocycles. The Balaban J connectivity index is 0.000000279. The van der Waals surface area contributed by atoms with Gasteiger partial charge in [-0.3, -0.25) is 4.98 Å². The van der Waals surface area contributed by atoms with Crippen LogP contribution < -0.4 is 0 Å². The minimum atomic E-state index is -2.27. The molecule has 0 bridgehead atoms. The number of pyridine rings is 3. The summed E-state index contributed by atoms with van der Waals surface area (Å²) in [4.78, 5) is 12.0. The van der Waals surface area contributed by atoms with Gasteiger partial charge in [0.2, 0.25) is 0 Å². The molecule has 0 saturated carbocycles. The number of aromatic nitrogens is 3. The summed E-state index contributed by atoms with van der Waals surface area (Å²) in [6, 6.07) is 16.1. The van der Waals surface area contributed by atoms with Gasteiger partial charge in [-0.15, -0.1) is 65.1 Å². The molecule has 3 heterocycles. The van der Waals surface area contributed by atoms with E-state index in [9.17, 15) is 0 Å². The van der Waals surface area contributed by atoms with Crippen molar-refractivity contribution < 1.29 is 44.8 Å². The van der Waals surface area contributed by atoms with Crippen LogP contribution in [-0.2, 0) is 26.5 Å². The first-order chi connectivity index (χ1) is 28.1. The molecule has 0 amide bonds. The van der Waals surface area contributed by atoms with Crippen LogP contribution in [0, 0.1) is 31.3 Å². The molecule has 44 heavy (non-hydrogen) atoms. The van der Waals surface area contributed by atoms with Crippen LogP contribution in [0.5, 0.6) is 0 Å². The van der Waals surface area contributed by atoms with Gasteiger partial charge in [0.25, 0.3) is 0 Å². The molecular weight excluding hydrogens is 715 g/mol. The van der Waals surface area contributed by atoms with Gasteiger partial charge in [-0.25, -0.2) is 0 Å². The summed E-state index contributed by atoms with van der Waals surface area (Å²) < 4.78 is 144. The zero-order chi connectivity index (χ0) is 45.7. The maximum atomic E-state index is 8.62. The van der Waals surface area contributed by atoms with Crippen molar-refractivity contribution >= 4 is 0 Å². The van der Waals surface area contributed by atoms with Crippen LogP contribution in [-0.4, -0.2) is 15.0 Å². The van der Waals surface area contributed by atoms with Gasteiger partial charge in [0.15, 0.2) is 0 Å². The molecule has 4 heteroatoms. The molecule has 0 atom stereocenters. The summed E-state index contributed by atoms with van der Waals surface area (Å²) in [5.74, 6) is 0. The summed E-state index contributed by atoms with van der Waals surface area (Å²) in [6.45, 7) is 0.269. The first-order valence-electron chi connectivity index (χ1n) is 22.1. The van der Waals surface area contributed by atoms with E-state index in [-0.39, 0.29) is 36.8 Å². The fourth-order valence-electron chi connectivity index (χ4n) is 3.80. The van der Waals surface area contributed by atoms with Crippen molar-refractivity contribution in [1.82, 2.24) is 15.0 Å². The monoisotopic (exact) mass is 770 g/mol. The first-order valence-corrected chi connectivity index (χ1v) is 13.1. The van der Waals surface area contributed by atoms with Crippen LogP contribution >= 0.6 is 0 Å². The summed E-state index contributed by atoms with van der Waals surface area (Å²) in [5.41, 5.74) is -0.211. The molecule has 0 aliphatic heterocycles. The van der Waals surface area contributed by atoms with Gasteiger partial charge in [-0.1, -0.05) is 87.7 Å². The average Bonchev–Trinajstić information content (AvgIpc) is 3.18. The van der Waals surface area contributed by atoms with Crippen molar-refractivity contribution in [2.45, 2.75) is 40.8 Å².